The van der Waals surface area contributed by atoms with Crippen LogP contribution < -0.4 is 9.47 Å². The molecule has 0 amide bonds. The Morgan fingerprint density at radius 1 is 0.769 bits per heavy atom. The number of hydrogen-bond acceptors (Lipinski definition) is 3. The lowest BCUT2D eigenvalue weighted by Crippen LogP contribution is -2.40. The molecule has 1 aromatic heterocycles. The van der Waals surface area contributed by atoms with Gasteiger partial charge in [0.15, 0.2) is 6.54 Å². The normalized spacial score (nSPS) is 15.6. The maximum Gasteiger partial charge on any atom is 0.262 e. The van der Waals surface area contributed by atoms with Crippen molar-refractivity contribution < 1.29 is 13.5 Å². The third-order valence-electron chi connectivity index (χ3n) is 6.62. The largest absolute Gasteiger partial charge is 0.335 e. The smallest absolute Gasteiger partial charge is 0.262 e. The Hall–Kier alpha value is -2.64. The average Bonchev–Trinajstić information content (AvgIpc) is 3.40. The van der Waals surface area contributed by atoms with Gasteiger partial charge < -0.3 is 13.9 Å². The summed E-state index contributed by atoms with van der Waals surface area (Å²) in [7, 11) is 13.6. The number of benzene rings is 2. The van der Waals surface area contributed by atoms with Crippen molar-refractivity contribution in [3.05, 3.63) is 95.0 Å². The third-order valence-corrected chi connectivity index (χ3v) is 8.88. The molecule has 1 aliphatic rings. The molecule has 0 radical (unpaired) electrons. The summed E-state index contributed by atoms with van der Waals surface area (Å²) in [6.45, 7) is 4.41. The minimum absolute atomic E-state index is 0.998. The second-order valence-electron chi connectivity index (χ2n) is 12.1. The molecule has 0 fully saturated rings. The highest BCUT2D eigenvalue weighted by molar-refractivity contribution is 8.03. The predicted molar refractivity (Wildman–Crippen MR) is 172 cm³/mol. The van der Waals surface area contributed by atoms with Crippen LogP contribution in [0.3, 0.4) is 0 Å². The molecule has 1 aliphatic heterocycles. The molecule has 39 heavy (non-hydrogen) atoms. The van der Waals surface area contributed by atoms with E-state index in [1.165, 1.54) is 30.8 Å². The van der Waals surface area contributed by atoms with Crippen LogP contribution in [0, 0.1) is 0 Å². The lowest BCUT2D eigenvalue weighted by molar-refractivity contribution is -0.873. The standard InChI is InChI=1S/C33H45N4S2/c1-36(2,3)26-16-24-34-28-18-12-14-20-30(28)38-32(34)22-10-8-7-9-11-23-33-35(25-17-27-37(4,5)6)29-19-13-15-21-31(29)39-33/h7-15,18-23H,16-17,24-27H2,1-6H3/q+3. The van der Waals surface area contributed by atoms with Gasteiger partial charge in [0.25, 0.3) is 5.01 Å². The van der Waals surface area contributed by atoms with E-state index in [0.717, 1.165) is 48.0 Å². The number of rotatable bonds is 12. The molecule has 0 saturated carbocycles. The zero-order valence-corrected chi connectivity index (χ0v) is 26.1. The molecule has 0 spiro atoms. The lowest BCUT2D eigenvalue weighted by Gasteiger charge is -2.26. The first-order valence-corrected chi connectivity index (χ1v) is 15.5. The van der Waals surface area contributed by atoms with Crippen LogP contribution >= 0.6 is 23.1 Å². The minimum Gasteiger partial charge on any atom is -0.335 e. The van der Waals surface area contributed by atoms with Crippen molar-refractivity contribution in [2.75, 3.05) is 66.8 Å². The highest BCUT2D eigenvalue weighted by atomic mass is 32.2. The maximum atomic E-state index is 2.47. The number of nitrogens with zero attached hydrogens (tertiary/aromatic N) is 4. The summed E-state index contributed by atoms with van der Waals surface area (Å²) in [5, 5.41) is 2.61. The van der Waals surface area contributed by atoms with Crippen molar-refractivity contribution in [3.8, 4) is 0 Å². The fourth-order valence-electron chi connectivity index (χ4n) is 4.69. The highest BCUT2D eigenvalue weighted by Gasteiger charge is 2.24. The van der Waals surface area contributed by atoms with Crippen molar-refractivity contribution in [2.45, 2.75) is 24.3 Å². The third kappa shape index (κ3) is 8.67. The Bertz CT molecular complexity index is 1370. The van der Waals surface area contributed by atoms with Gasteiger partial charge in [0.1, 0.15) is 4.70 Å². The van der Waals surface area contributed by atoms with Crippen LogP contribution in [0.1, 0.15) is 17.8 Å². The quantitative estimate of drug-likeness (QED) is 0.134. The number of thioether (sulfide) groups is 1. The molecule has 0 aliphatic carbocycles. The molecule has 4 nitrogen and oxygen atoms in total. The molecule has 0 N–H and O–H groups in total. The highest BCUT2D eigenvalue weighted by Crippen LogP contribution is 2.45. The number of thiazole rings is 1. The van der Waals surface area contributed by atoms with E-state index in [2.05, 4.69) is 143 Å². The van der Waals surface area contributed by atoms with E-state index in [-0.39, 0.29) is 0 Å². The van der Waals surface area contributed by atoms with E-state index in [4.69, 9.17) is 0 Å². The molecule has 0 saturated heterocycles. The summed E-state index contributed by atoms with van der Waals surface area (Å²) in [5.74, 6) is 0. The topological polar surface area (TPSA) is 7.12 Å². The van der Waals surface area contributed by atoms with Gasteiger partial charge in [-0.15, -0.1) is 0 Å². The zero-order valence-electron chi connectivity index (χ0n) is 24.5. The molecule has 4 rings (SSSR count). The van der Waals surface area contributed by atoms with Crippen LogP contribution in [0.5, 0.6) is 0 Å². The van der Waals surface area contributed by atoms with Crippen molar-refractivity contribution in [2.24, 2.45) is 0 Å². The van der Waals surface area contributed by atoms with Gasteiger partial charge >= 0.3 is 0 Å². The van der Waals surface area contributed by atoms with Gasteiger partial charge in [-0.3, -0.25) is 0 Å². The van der Waals surface area contributed by atoms with Gasteiger partial charge in [0.2, 0.25) is 5.52 Å². The van der Waals surface area contributed by atoms with Crippen molar-refractivity contribution in [3.63, 3.8) is 0 Å². The number of allylic oxidation sites excluding steroid dienone is 6. The molecule has 0 bridgehead atoms. The number of quaternary nitrogens is 2. The van der Waals surface area contributed by atoms with Crippen LogP contribution in [0.15, 0.2) is 94.9 Å². The van der Waals surface area contributed by atoms with E-state index in [0.29, 0.717) is 0 Å². The molecular weight excluding hydrogens is 517 g/mol. The van der Waals surface area contributed by atoms with E-state index >= 15 is 0 Å². The summed E-state index contributed by atoms with van der Waals surface area (Å²) < 4.78 is 5.82. The minimum atomic E-state index is 0.998. The summed E-state index contributed by atoms with van der Waals surface area (Å²) in [5.41, 5.74) is 2.67. The first-order valence-electron chi connectivity index (χ1n) is 13.9. The van der Waals surface area contributed by atoms with Crippen molar-refractivity contribution in [1.29, 1.82) is 0 Å². The number of anilines is 1. The monoisotopic (exact) mass is 561 g/mol. The van der Waals surface area contributed by atoms with E-state index in [1.807, 2.05) is 23.1 Å². The summed E-state index contributed by atoms with van der Waals surface area (Å²) >= 11 is 3.74. The predicted octanol–water partition coefficient (Wildman–Crippen LogP) is 6.96. The van der Waals surface area contributed by atoms with Crippen LogP contribution in [-0.4, -0.2) is 70.9 Å². The van der Waals surface area contributed by atoms with Crippen LogP contribution in [0.25, 0.3) is 16.3 Å². The molecule has 2 aromatic carbocycles. The fourth-order valence-corrected chi connectivity index (χ4v) is 6.89. The molecule has 6 heteroatoms. The van der Waals surface area contributed by atoms with E-state index in [1.54, 1.807) is 0 Å². The molecule has 0 atom stereocenters. The molecule has 2 heterocycles. The number of aromatic nitrogens is 1. The average molecular weight is 562 g/mol. The second kappa shape index (κ2) is 13.1. The first kappa shape index (κ1) is 29.3. The zero-order chi connectivity index (χ0) is 27.9. The summed E-state index contributed by atoms with van der Waals surface area (Å²) in [6.07, 6.45) is 17.5. The first-order chi connectivity index (χ1) is 18.6. The van der Waals surface area contributed by atoms with Gasteiger partial charge in [-0.25, -0.2) is 0 Å². The Kier molecular flexibility index (Phi) is 9.89. The van der Waals surface area contributed by atoms with Crippen LogP contribution in [0.4, 0.5) is 5.69 Å². The number of para-hydroxylation sites is 2. The Balaban J connectivity index is 1.40. The SMILES string of the molecule is C[N+](C)(C)CCCN1/C(=C/C=C/C=C/C=C/c2sc3ccccc3[n+]2CCC[N+](C)(C)C)Sc2ccccc21. The van der Waals surface area contributed by atoms with Gasteiger partial charge in [-0.05, 0) is 24.3 Å². The Morgan fingerprint density at radius 3 is 2.23 bits per heavy atom. The maximum absolute atomic E-state index is 2.47. The number of aryl methyl sites for hydroxylation is 1. The van der Waals surface area contributed by atoms with Crippen molar-refractivity contribution in [1.82, 2.24) is 0 Å². The van der Waals surface area contributed by atoms with Gasteiger partial charge in [0, 0.05) is 30.0 Å². The summed E-state index contributed by atoms with van der Waals surface area (Å²) in [4.78, 5) is 3.82. The van der Waals surface area contributed by atoms with E-state index in [9.17, 15) is 0 Å². The molecular formula is C33H45N4S2+3. The van der Waals surface area contributed by atoms with Crippen molar-refractivity contribution >= 4 is 45.1 Å². The fraction of sp³-hybridized carbons (Fsp3) is 0.364. The molecule has 0 unspecified atom stereocenters. The van der Waals surface area contributed by atoms with Crippen LogP contribution in [-0.2, 0) is 6.54 Å². The van der Waals surface area contributed by atoms with E-state index < -0.39 is 0 Å². The van der Waals surface area contributed by atoms with Crippen LogP contribution in [0.2, 0.25) is 0 Å². The van der Waals surface area contributed by atoms with Gasteiger partial charge in [0.05, 0.1) is 72.5 Å². The molecule has 206 valence electrons. The Morgan fingerprint density at radius 2 is 1.44 bits per heavy atom. The Labute approximate surface area is 244 Å². The summed E-state index contributed by atoms with van der Waals surface area (Å²) in [6, 6.07) is 17.5. The van der Waals surface area contributed by atoms with Gasteiger partial charge in [-0.2, -0.15) is 4.57 Å². The molecule has 3 aromatic rings. The second-order valence-corrected chi connectivity index (χ2v) is 14.3. The number of hydrogen-bond donors (Lipinski definition) is 0. The lowest BCUT2D eigenvalue weighted by atomic mass is 10.2. The number of fused-ring (bicyclic) bond motifs is 2. The van der Waals surface area contributed by atoms with Gasteiger partial charge in [-0.1, -0.05) is 77.7 Å².